The van der Waals surface area contributed by atoms with Crippen LogP contribution < -0.4 is 15.6 Å². The molecule has 0 heterocycles. The van der Waals surface area contributed by atoms with Crippen LogP contribution in [0.1, 0.15) is 33.2 Å². The second-order valence-electron chi connectivity index (χ2n) is 5.75. The first-order valence-corrected chi connectivity index (χ1v) is 9.09. The third-order valence-electron chi connectivity index (χ3n) is 3.73. The van der Waals surface area contributed by atoms with E-state index >= 15 is 0 Å². The number of amides is 2. The van der Waals surface area contributed by atoms with Crippen LogP contribution in [0.3, 0.4) is 0 Å². The van der Waals surface area contributed by atoms with E-state index in [9.17, 15) is 14.4 Å². The lowest BCUT2D eigenvalue weighted by Gasteiger charge is -2.11. The number of halogens is 1. The molecular formula is C20H21ClN2O6. The van der Waals surface area contributed by atoms with Gasteiger partial charge in [-0.25, -0.2) is 4.79 Å². The van der Waals surface area contributed by atoms with Gasteiger partial charge in [0.1, 0.15) is 5.75 Å². The summed E-state index contributed by atoms with van der Waals surface area (Å²) in [5, 5.41) is 0.487. The molecule has 0 aromatic heterocycles. The topological polar surface area (TPSA) is 103 Å². The number of hydrazine groups is 1. The summed E-state index contributed by atoms with van der Waals surface area (Å²) in [7, 11) is 1.52. The Balaban J connectivity index is 1.85. The smallest absolute Gasteiger partial charge is 0.338 e. The Labute approximate surface area is 173 Å². The predicted octanol–water partition coefficient (Wildman–Crippen LogP) is 2.50. The molecule has 8 nitrogen and oxygen atoms in total. The highest BCUT2D eigenvalue weighted by molar-refractivity contribution is 6.30. The van der Waals surface area contributed by atoms with Gasteiger partial charge in [0.25, 0.3) is 11.8 Å². The average molecular weight is 421 g/mol. The number of hydrogen-bond donors (Lipinski definition) is 2. The van der Waals surface area contributed by atoms with Crippen LogP contribution in [-0.4, -0.2) is 38.1 Å². The Kier molecular flexibility index (Phi) is 8.45. The molecule has 2 N–H and O–H groups in total. The van der Waals surface area contributed by atoms with E-state index in [1.807, 2.05) is 6.92 Å². The summed E-state index contributed by atoms with van der Waals surface area (Å²) in [6.45, 7) is 2.08. The van der Waals surface area contributed by atoms with Crippen LogP contribution in [0, 0.1) is 0 Å². The molecule has 0 bridgehead atoms. The van der Waals surface area contributed by atoms with Crippen molar-refractivity contribution in [2.45, 2.75) is 13.5 Å². The summed E-state index contributed by atoms with van der Waals surface area (Å²) in [6, 6.07) is 10.8. The maximum absolute atomic E-state index is 12.2. The fourth-order valence-corrected chi connectivity index (χ4v) is 2.41. The number of rotatable bonds is 8. The fourth-order valence-electron chi connectivity index (χ4n) is 2.28. The molecule has 154 valence electrons. The quantitative estimate of drug-likeness (QED) is 0.502. The minimum Gasteiger partial charge on any atom is -0.496 e. The molecule has 0 radical (unpaired) electrons. The van der Waals surface area contributed by atoms with Crippen LogP contribution in [0.2, 0.25) is 5.02 Å². The Morgan fingerprint density at radius 1 is 1.00 bits per heavy atom. The monoisotopic (exact) mass is 420 g/mol. The van der Waals surface area contributed by atoms with Crippen LogP contribution in [-0.2, 0) is 20.9 Å². The number of carbonyl (C=O) groups excluding carboxylic acids is 3. The van der Waals surface area contributed by atoms with E-state index in [2.05, 4.69) is 10.9 Å². The van der Waals surface area contributed by atoms with Gasteiger partial charge in [-0.1, -0.05) is 11.6 Å². The number of carbonyl (C=O) groups is 3. The summed E-state index contributed by atoms with van der Waals surface area (Å²) in [4.78, 5) is 35.9. The molecule has 2 amide bonds. The molecule has 0 spiro atoms. The third kappa shape index (κ3) is 6.78. The SMILES string of the molecule is CCOCc1cc(C(=O)OCC(=O)NNC(=O)c2ccc(Cl)cc2)ccc1OC. The zero-order valence-corrected chi connectivity index (χ0v) is 16.7. The van der Waals surface area contributed by atoms with Gasteiger partial charge in [-0.05, 0) is 49.4 Å². The maximum atomic E-state index is 12.2. The molecule has 2 aromatic rings. The van der Waals surface area contributed by atoms with E-state index in [4.69, 9.17) is 25.8 Å². The lowest BCUT2D eigenvalue weighted by molar-refractivity contribution is -0.125. The highest BCUT2D eigenvalue weighted by Gasteiger charge is 2.14. The lowest BCUT2D eigenvalue weighted by Crippen LogP contribution is -2.43. The number of hydrogen-bond acceptors (Lipinski definition) is 6. The standard InChI is InChI=1S/C20H21ClN2O6/c1-3-28-11-15-10-14(6-9-17(15)27-2)20(26)29-12-18(24)22-23-19(25)13-4-7-16(21)8-5-13/h4-10H,3,11-12H2,1-2H3,(H,22,24)(H,23,25). The van der Waals surface area contributed by atoms with Gasteiger partial charge in [-0.2, -0.15) is 0 Å². The summed E-state index contributed by atoms with van der Waals surface area (Å²) in [6.07, 6.45) is 0. The van der Waals surface area contributed by atoms with Crippen molar-refractivity contribution in [1.29, 1.82) is 0 Å². The van der Waals surface area contributed by atoms with Gasteiger partial charge in [0, 0.05) is 22.8 Å². The number of nitrogens with one attached hydrogen (secondary N) is 2. The van der Waals surface area contributed by atoms with E-state index in [0.717, 1.165) is 0 Å². The minimum absolute atomic E-state index is 0.249. The molecule has 0 saturated heterocycles. The number of benzene rings is 2. The van der Waals surface area contributed by atoms with Gasteiger partial charge in [-0.3, -0.25) is 20.4 Å². The third-order valence-corrected chi connectivity index (χ3v) is 3.99. The molecule has 0 saturated carbocycles. The molecule has 0 fully saturated rings. The summed E-state index contributed by atoms with van der Waals surface area (Å²) >= 11 is 5.75. The van der Waals surface area contributed by atoms with Crippen LogP contribution in [0.15, 0.2) is 42.5 Å². The normalized spacial score (nSPS) is 10.2. The average Bonchev–Trinajstić information content (AvgIpc) is 2.74. The first-order chi connectivity index (χ1) is 13.9. The van der Waals surface area contributed by atoms with E-state index in [1.165, 1.54) is 25.3 Å². The summed E-state index contributed by atoms with van der Waals surface area (Å²) in [5.74, 6) is -1.33. The highest BCUT2D eigenvalue weighted by atomic mass is 35.5. The van der Waals surface area contributed by atoms with Crippen molar-refractivity contribution in [3.05, 3.63) is 64.2 Å². The molecule has 2 rings (SSSR count). The molecule has 0 aliphatic carbocycles. The summed E-state index contributed by atoms with van der Waals surface area (Å²) in [5.41, 5.74) is 5.64. The van der Waals surface area contributed by atoms with Crippen molar-refractivity contribution in [2.75, 3.05) is 20.3 Å². The molecule has 0 aliphatic heterocycles. The van der Waals surface area contributed by atoms with E-state index < -0.39 is 24.4 Å². The van der Waals surface area contributed by atoms with E-state index in [-0.39, 0.29) is 12.2 Å². The lowest BCUT2D eigenvalue weighted by atomic mass is 10.1. The summed E-state index contributed by atoms with van der Waals surface area (Å²) < 4.78 is 15.6. The van der Waals surface area contributed by atoms with Gasteiger partial charge in [0.2, 0.25) is 0 Å². The molecule has 2 aromatic carbocycles. The van der Waals surface area contributed by atoms with Crippen molar-refractivity contribution < 1.29 is 28.6 Å². The molecule has 0 aliphatic rings. The molecule has 0 atom stereocenters. The van der Waals surface area contributed by atoms with Gasteiger partial charge in [0.05, 0.1) is 19.3 Å². The van der Waals surface area contributed by atoms with Crippen molar-refractivity contribution in [1.82, 2.24) is 10.9 Å². The van der Waals surface area contributed by atoms with Crippen LogP contribution in [0.5, 0.6) is 5.75 Å². The minimum atomic E-state index is -0.691. The largest absolute Gasteiger partial charge is 0.496 e. The maximum Gasteiger partial charge on any atom is 0.338 e. The zero-order chi connectivity index (χ0) is 21.2. The Hall–Kier alpha value is -3.10. The van der Waals surface area contributed by atoms with Crippen LogP contribution in [0.4, 0.5) is 0 Å². The van der Waals surface area contributed by atoms with Gasteiger partial charge < -0.3 is 14.2 Å². The van der Waals surface area contributed by atoms with Gasteiger partial charge in [-0.15, -0.1) is 0 Å². The molecule has 9 heteroatoms. The molecular weight excluding hydrogens is 400 g/mol. The molecule has 0 unspecified atom stereocenters. The van der Waals surface area contributed by atoms with Crippen LogP contribution >= 0.6 is 11.6 Å². The zero-order valence-electron chi connectivity index (χ0n) is 16.0. The van der Waals surface area contributed by atoms with Crippen molar-refractivity contribution in [2.24, 2.45) is 0 Å². The van der Waals surface area contributed by atoms with Gasteiger partial charge in [0.15, 0.2) is 6.61 Å². The predicted molar refractivity (Wildman–Crippen MR) is 106 cm³/mol. The number of esters is 1. The number of methoxy groups -OCH3 is 1. The Bertz CT molecular complexity index is 870. The first-order valence-electron chi connectivity index (χ1n) is 8.71. The van der Waals surface area contributed by atoms with E-state index in [0.29, 0.717) is 28.5 Å². The fraction of sp³-hybridized carbons (Fsp3) is 0.250. The van der Waals surface area contributed by atoms with Crippen LogP contribution in [0.25, 0.3) is 0 Å². The second kappa shape index (κ2) is 11.0. The Morgan fingerprint density at radius 3 is 2.34 bits per heavy atom. The van der Waals surface area contributed by atoms with Gasteiger partial charge >= 0.3 is 5.97 Å². The second-order valence-corrected chi connectivity index (χ2v) is 6.19. The first kappa shape index (κ1) is 22.2. The van der Waals surface area contributed by atoms with Crippen molar-refractivity contribution in [3.8, 4) is 5.75 Å². The Morgan fingerprint density at radius 2 is 1.69 bits per heavy atom. The van der Waals surface area contributed by atoms with Crippen molar-refractivity contribution in [3.63, 3.8) is 0 Å². The highest BCUT2D eigenvalue weighted by Crippen LogP contribution is 2.21. The van der Waals surface area contributed by atoms with Crippen molar-refractivity contribution >= 4 is 29.4 Å². The number of ether oxygens (including phenoxy) is 3. The molecule has 29 heavy (non-hydrogen) atoms. The van der Waals surface area contributed by atoms with E-state index in [1.54, 1.807) is 24.3 Å².